The van der Waals surface area contributed by atoms with E-state index in [0.717, 1.165) is 12.8 Å². The van der Waals surface area contributed by atoms with Gasteiger partial charge in [-0.2, -0.15) is 0 Å². The molecule has 1 fully saturated rings. The van der Waals surface area contributed by atoms with Gasteiger partial charge in [-0.05, 0) is 31.0 Å². The van der Waals surface area contributed by atoms with Crippen LogP contribution in [0.1, 0.15) is 23.2 Å². The lowest BCUT2D eigenvalue weighted by Gasteiger charge is -2.21. The van der Waals surface area contributed by atoms with Gasteiger partial charge in [-0.3, -0.25) is 4.79 Å². The molecule has 0 aromatic heterocycles. The molecule has 1 aliphatic rings. The summed E-state index contributed by atoms with van der Waals surface area (Å²) in [4.78, 5) is 13.8. The zero-order valence-electron chi connectivity index (χ0n) is 9.13. The topological polar surface area (TPSA) is 20.3 Å². The zero-order chi connectivity index (χ0) is 12.4. The number of halogens is 3. The van der Waals surface area contributed by atoms with Crippen LogP contribution in [0.2, 0.25) is 0 Å². The lowest BCUT2D eigenvalue weighted by molar-refractivity contribution is 0.0749. The van der Waals surface area contributed by atoms with Crippen molar-refractivity contribution in [2.45, 2.75) is 18.9 Å². The second-order valence-electron chi connectivity index (χ2n) is 4.04. The highest BCUT2D eigenvalue weighted by Crippen LogP contribution is 2.29. The molecule has 2 nitrogen and oxygen atoms in total. The molecular weight excluding hydrogens is 308 g/mol. The van der Waals surface area contributed by atoms with Gasteiger partial charge in [0, 0.05) is 22.9 Å². The highest BCUT2D eigenvalue weighted by molar-refractivity contribution is 9.10. The molecule has 0 heterocycles. The Hall–Kier alpha value is -0.610. The van der Waals surface area contributed by atoms with Gasteiger partial charge < -0.3 is 4.90 Å². The van der Waals surface area contributed by atoms with Gasteiger partial charge in [-0.25, -0.2) is 4.39 Å². The summed E-state index contributed by atoms with van der Waals surface area (Å²) in [7, 11) is 0. The number of alkyl halides is 1. The van der Waals surface area contributed by atoms with Crippen LogP contribution in [0.25, 0.3) is 0 Å². The van der Waals surface area contributed by atoms with Crippen LogP contribution in [0, 0.1) is 5.82 Å². The maximum atomic E-state index is 13.7. The molecule has 0 radical (unpaired) electrons. The van der Waals surface area contributed by atoms with Crippen LogP contribution in [0.4, 0.5) is 4.39 Å². The van der Waals surface area contributed by atoms with Gasteiger partial charge in [0.05, 0.1) is 5.56 Å². The highest BCUT2D eigenvalue weighted by atomic mass is 79.9. The summed E-state index contributed by atoms with van der Waals surface area (Å²) in [5.74, 6) is -0.386. The Balaban J connectivity index is 2.22. The fraction of sp³-hybridized carbons (Fsp3) is 0.417. The number of amides is 1. The molecular formula is C12H12BrClFNO. The molecule has 0 spiro atoms. The summed E-state index contributed by atoms with van der Waals surface area (Å²) >= 11 is 8.84. The average Bonchev–Trinajstić information content (AvgIpc) is 3.09. The van der Waals surface area contributed by atoms with Crippen molar-refractivity contribution in [3.63, 3.8) is 0 Å². The first kappa shape index (κ1) is 12.8. The summed E-state index contributed by atoms with van der Waals surface area (Å²) in [6.45, 7) is 0.473. The molecule has 0 unspecified atom stereocenters. The molecule has 0 saturated heterocycles. The minimum Gasteiger partial charge on any atom is -0.334 e. The van der Waals surface area contributed by atoms with Gasteiger partial charge in [0.1, 0.15) is 5.82 Å². The predicted octanol–water partition coefficient (Wildman–Crippen LogP) is 3.43. The van der Waals surface area contributed by atoms with Crippen molar-refractivity contribution in [2.75, 3.05) is 12.4 Å². The van der Waals surface area contributed by atoms with Crippen molar-refractivity contribution in [1.29, 1.82) is 0 Å². The molecule has 2 rings (SSSR count). The molecule has 0 aliphatic heterocycles. The minimum atomic E-state index is -0.496. The first-order chi connectivity index (χ1) is 8.13. The fourth-order valence-electron chi connectivity index (χ4n) is 1.74. The normalized spacial score (nSPS) is 14.8. The molecule has 1 saturated carbocycles. The molecule has 5 heteroatoms. The summed E-state index contributed by atoms with van der Waals surface area (Å²) in [6.07, 6.45) is 1.97. The van der Waals surface area contributed by atoms with E-state index in [1.54, 1.807) is 11.0 Å². The number of rotatable bonds is 4. The zero-order valence-corrected chi connectivity index (χ0v) is 11.5. The third-order valence-electron chi connectivity index (χ3n) is 2.74. The van der Waals surface area contributed by atoms with E-state index in [9.17, 15) is 9.18 Å². The SMILES string of the molecule is O=C(c1ccc(Br)cc1F)N(CCCl)C1CC1. The van der Waals surface area contributed by atoms with Crippen molar-refractivity contribution < 1.29 is 9.18 Å². The number of nitrogens with zero attached hydrogens (tertiary/aromatic N) is 1. The van der Waals surface area contributed by atoms with Gasteiger partial charge in [-0.1, -0.05) is 15.9 Å². The molecule has 0 N–H and O–H groups in total. The van der Waals surface area contributed by atoms with Crippen LogP contribution in [0.3, 0.4) is 0 Å². The molecule has 1 aromatic carbocycles. The summed E-state index contributed by atoms with van der Waals surface area (Å²) in [5.41, 5.74) is 0.116. The fourth-order valence-corrected chi connectivity index (χ4v) is 2.26. The van der Waals surface area contributed by atoms with Crippen molar-refractivity contribution in [3.05, 3.63) is 34.1 Å². The maximum Gasteiger partial charge on any atom is 0.257 e. The molecule has 0 bridgehead atoms. The van der Waals surface area contributed by atoms with E-state index >= 15 is 0 Å². The monoisotopic (exact) mass is 319 g/mol. The Bertz CT molecular complexity index is 437. The van der Waals surface area contributed by atoms with E-state index in [-0.39, 0.29) is 17.5 Å². The Morgan fingerprint density at radius 1 is 1.53 bits per heavy atom. The first-order valence-electron chi connectivity index (χ1n) is 5.45. The quantitative estimate of drug-likeness (QED) is 0.778. The van der Waals surface area contributed by atoms with Gasteiger partial charge in [0.25, 0.3) is 5.91 Å². The molecule has 1 aromatic rings. The summed E-state index contributed by atoms with van der Waals surface area (Å²) in [6, 6.07) is 4.72. The molecule has 0 atom stereocenters. The Labute approximate surface area is 113 Å². The second-order valence-corrected chi connectivity index (χ2v) is 5.34. The maximum absolute atomic E-state index is 13.7. The van der Waals surface area contributed by atoms with E-state index in [1.807, 2.05) is 0 Å². The van der Waals surface area contributed by atoms with Crippen LogP contribution in [-0.4, -0.2) is 29.3 Å². The Morgan fingerprint density at radius 2 is 2.24 bits per heavy atom. The van der Waals surface area contributed by atoms with Gasteiger partial charge in [-0.15, -0.1) is 11.6 Å². The number of hydrogen-bond acceptors (Lipinski definition) is 1. The van der Waals surface area contributed by atoms with E-state index in [2.05, 4.69) is 15.9 Å². The van der Waals surface area contributed by atoms with Crippen molar-refractivity contribution in [1.82, 2.24) is 4.90 Å². The van der Waals surface area contributed by atoms with Crippen molar-refractivity contribution in [3.8, 4) is 0 Å². The molecule has 1 amide bonds. The van der Waals surface area contributed by atoms with Crippen molar-refractivity contribution in [2.24, 2.45) is 0 Å². The molecule has 92 valence electrons. The summed E-state index contributed by atoms with van der Waals surface area (Å²) in [5, 5.41) is 0. The third kappa shape index (κ3) is 2.99. The smallest absolute Gasteiger partial charge is 0.257 e. The van der Waals surface area contributed by atoms with E-state index in [0.29, 0.717) is 16.9 Å². The predicted molar refractivity (Wildman–Crippen MR) is 68.9 cm³/mol. The highest BCUT2D eigenvalue weighted by Gasteiger charge is 2.33. The standard InChI is InChI=1S/C12H12BrClFNO/c13-8-1-4-10(11(15)7-8)12(17)16(6-5-14)9-2-3-9/h1,4,7,9H,2-3,5-6H2. The second kappa shape index (κ2) is 5.36. The Morgan fingerprint density at radius 3 is 2.76 bits per heavy atom. The lowest BCUT2D eigenvalue weighted by atomic mass is 10.2. The van der Waals surface area contributed by atoms with Crippen LogP contribution < -0.4 is 0 Å². The van der Waals surface area contributed by atoms with Crippen LogP contribution in [0.5, 0.6) is 0 Å². The van der Waals surface area contributed by atoms with Gasteiger partial charge >= 0.3 is 0 Å². The number of carbonyl (C=O) groups excluding carboxylic acids is 1. The Kier molecular flexibility index (Phi) is 4.05. The number of carbonyl (C=O) groups is 1. The minimum absolute atomic E-state index is 0.116. The van der Waals surface area contributed by atoms with Crippen LogP contribution >= 0.6 is 27.5 Å². The number of benzene rings is 1. The van der Waals surface area contributed by atoms with Crippen molar-refractivity contribution >= 4 is 33.4 Å². The van der Waals surface area contributed by atoms with Crippen LogP contribution in [-0.2, 0) is 0 Å². The third-order valence-corrected chi connectivity index (χ3v) is 3.40. The average molecular weight is 321 g/mol. The van der Waals surface area contributed by atoms with Gasteiger partial charge in [0.15, 0.2) is 0 Å². The van der Waals surface area contributed by atoms with Crippen LogP contribution in [0.15, 0.2) is 22.7 Å². The van der Waals surface area contributed by atoms with E-state index in [4.69, 9.17) is 11.6 Å². The van der Waals surface area contributed by atoms with E-state index in [1.165, 1.54) is 12.1 Å². The lowest BCUT2D eigenvalue weighted by Crippen LogP contribution is -2.35. The van der Waals surface area contributed by atoms with Gasteiger partial charge in [0.2, 0.25) is 0 Å². The molecule has 1 aliphatic carbocycles. The largest absolute Gasteiger partial charge is 0.334 e. The van der Waals surface area contributed by atoms with E-state index < -0.39 is 5.82 Å². The number of hydrogen-bond donors (Lipinski definition) is 0. The first-order valence-corrected chi connectivity index (χ1v) is 6.78. The molecule has 17 heavy (non-hydrogen) atoms. The summed E-state index contributed by atoms with van der Waals surface area (Å²) < 4.78 is 14.3.